The van der Waals surface area contributed by atoms with Crippen LogP contribution in [-0.2, 0) is 0 Å². The third-order valence-corrected chi connectivity index (χ3v) is 5.74. The van der Waals surface area contributed by atoms with Crippen LogP contribution in [0.1, 0.15) is 58.8 Å². The molecule has 0 amide bonds. The van der Waals surface area contributed by atoms with Gasteiger partial charge in [-0.15, -0.1) is 24.0 Å². The number of halogens is 1. The van der Waals surface area contributed by atoms with E-state index in [1.807, 2.05) is 0 Å². The Hall–Kier alpha value is -0.0800. The van der Waals surface area contributed by atoms with Crippen LogP contribution in [0.15, 0.2) is 4.99 Å². The standard InChI is InChI=1S/C20H41N5.HI/c1-3-21-20(22-12-8-11-19-9-6-5-7-10-19)23-13-14-25-17-15-24(4-2)16-18-25;/h19H,3-18H2,1-2H3,(H2,21,22,23);1H. The van der Waals surface area contributed by atoms with Crippen molar-refractivity contribution in [1.82, 2.24) is 20.4 Å². The predicted molar refractivity (Wildman–Crippen MR) is 124 cm³/mol. The SMILES string of the molecule is CCNC(=NCCCC1CCCCC1)NCCN1CCN(CC)CC1.I. The van der Waals surface area contributed by atoms with Crippen LogP contribution in [0.2, 0.25) is 0 Å². The molecule has 2 fully saturated rings. The number of nitrogens with zero attached hydrogens (tertiary/aromatic N) is 3. The molecule has 0 aromatic heterocycles. The normalized spacial score (nSPS) is 20.6. The maximum atomic E-state index is 4.77. The number of aliphatic imine (C=N–C) groups is 1. The first kappa shape index (κ1) is 24.0. The topological polar surface area (TPSA) is 42.9 Å². The lowest BCUT2D eigenvalue weighted by Crippen LogP contribution is -2.49. The molecule has 6 heteroatoms. The summed E-state index contributed by atoms with van der Waals surface area (Å²) in [5.74, 6) is 1.97. The van der Waals surface area contributed by atoms with E-state index in [0.29, 0.717) is 0 Å². The molecule has 0 spiro atoms. The van der Waals surface area contributed by atoms with Gasteiger partial charge in [-0.1, -0.05) is 39.0 Å². The second kappa shape index (κ2) is 14.9. The Kier molecular flexibility index (Phi) is 13.7. The minimum Gasteiger partial charge on any atom is -0.357 e. The minimum atomic E-state index is 0. The van der Waals surface area contributed by atoms with Crippen LogP contribution in [0.5, 0.6) is 0 Å². The van der Waals surface area contributed by atoms with Gasteiger partial charge in [-0.2, -0.15) is 0 Å². The van der Waals surface area contributed by atoms with Crippen molar-refractivity contribution in [3.63, 3.8) is 0 Å². The first-order chi connectivity index (χ1) is 12.3. The van der Waals surface area contributed by atoms with Crippen LogP contribution in [0.25, 0.3) is 0 Å². The number of nitrogens with one attached hydrogen (secondary N) is 2. The molecule has 1 saturated carbocycles. The van der Waals surface area contributed by atoms with Gasteiger partial charge in [0, 0.05) is 52.4 Å². The van der Waals surface area contributed by atoms with Crippen molar-refractivity contribution < 1.29 is 0 Å². The summed E-state index contributed by atoms with van der Waals surface area (Å²) in [7, 11) is 0. The Balaban J connectivity index is 0.00000338. The molecule has 0 unspecified atom stereocenters. The quantitative estimate of drug-likeness (QED) is 0.231. The molecular formula is C20H42IN5. The molecule has 1 heterocycles. The first-order valence-corrected chi connectivity index (χ1v) is 10.8. The van der Waals surface area contributed by atoms with E-state index < -0.39 is 0 Å². The van der Waals surface area contributed by atoms with Gasteiger partial charge in [-0.25, -0.2) is 0 Å². The summed E-state index contributed by atoms with van der Waals surface area (Å²) in [6.45, 7) is 14.4. The number of likely N-dealkylation sites (N-methyl/N-ethyl adjacent to an activating group) is 1. The van der Waals surface area contributed by atoms with Crippen molar-refractivity contribution in [2.75, 3.05) is 58.9 Å². The molecule has 154 valence electrons. The second-order valence-corrected chi connectivity index (χ2v) is 7.61. The van der Waals surface area contributed by atoms with E-state index in [2.05, 4.69) is 34.3 Å². The zero-order valence-electron chi connectivity index (χ0n) is 17.1. The highest BCUT2D eigenvalue weighted by atomic mass is 127. The monoisotopic (exact) mass is 479 g/mol. The summed E-state index contributed by atoms with van der Waals surface area (Å²) in [6, 6.07) is 0. The van der Waals surface area contributed by atoms with Gasteiger partial charge in [0.25, 0.3) is 0 Å². The maximum absolute atomic E-state index is 4.77. The zero-order chi connectivity index (χ0) is 17.7. The van der Waals surface area contributed by atoms with E-state index in [-0.39, 0.29) is 24.0 Å². The van der Waals surface area contributed by atoms with Crippen LogP contribution >= 0.6 is 24.0 Å². The van der Waals surface area contributed by atoms with Gasteiger partial charge in [0.1, 0.15) is 0 Å². The summed E-state index contributed by atoms with van der Waals surface area (Å²) < 4.78 is 0. The Morgan fingerprint density at radius 2 is 1.65 bits per heavy atom. The highest BCUT2D eigenvalue weighted by molar-refractivity contribution is 14.0. The summed E-state index contributed by atoms with van der Waals surface area (Å²) in [5.41, 5.74) is 0. The fourth-order valence-electron chi connectivity index (χ4n) is 4.05. The van der Waals surface area contributed by atoms with Gasteiger partial charge in [0.2, 0.25) is 0 Å². The molecular weight excluding hydrogens is 437 g/mol. The third-order valence-electron chi connectivity index (χ3n) is 5.74. The molecule has 0 atom stereocenters. The van der Waals surface area contributed by atoms with E-state index in [4.69, 9.17) is 4.99 Å². The predicted octanol–water partition coefficient (Wildman–Crippen LogP) is 3.16. The number of guanidine groups is 1. The molecule has 0 aromatic rings. The average molecular weight is 479 g/mol. The average Bonchev–Trinajstić information content (AvgIpc) is 2.66. The fraction of sp³-hybridized carbons (Fsp3) is 0.950. The largest absolute Gasteiger partial charge is 0.357 e. The van der Waals surface area contributed by atoms with Gasteiger partial charge >= 0.3 is 0 Å². The van der Waals surface area contributed by atoms with E-state index >= 15 is 0 Å². The van der Waals surface area contributed by atoms with Crippen LogP contribution in [0, 0.1) is 5.92 Å². The van der Waals surface area contributed by atoms with Crippen LogP contribution < -0.4 is 10.6 Å². The van der Waals surface area contributed by atoms with Crippen molar-refractivity contribution in [3.05, 3.63) is 0 Å². The Morgan fingerprint density at radius 3 is 2.31 bits per heavy atom. The fourth-order valence-corrected chi connectivity index (χ4v) is 4.05. The summed E-state index contributed by atoms with van der Waals surface area (Å²) in [6.07, 6.45) is 9.86. The molecule has 26 heavy (non-hydrogen) atoms. The lowest BCUT2D eigenvalue weighted by atomic mass is 9.86. The Morgan fingerprint density at radius 1 is 0.962 bits per heavy atom. The molecule has 2 aliphatic rings. The van der Waals surface area contributed by atoms with E-state index in [1.165, 1.54) is 77.7 Å². The highest BCUT2D eigenvalue weighted by Crippen LogP contribution is 2.27. The molecule has 2 rings (SSSR count). The number of hydrogen-bond acceptors (Lipinski definition) is 3. The van der Waals surface area contributed by atoms with Crippen molar-refractivity contribution in [2.45, 2.75) is 58.8 Å². The molecule has 5 nitrogen and oxygen atoms in total. The van der Waals surface area contributed by atoms with Gasteiger partial charge in [-0.3, -0.25) is 9.89 Å². The van der Waals surface area contributed by atoms with Gasteiger partial charge < -0.3 is 15.5 Å². The van der Waals surface area contributed by atoms with Crippen LogP contribution in [-0.4, -0.2) is 74.7 Å². The lowest BCUT2D eigenvalue weighted by Gasteiger charge is -2.34. The highest BCUT2D eigenvalue weighted by Gasteiger charge is 2.15. The smallest absolute Gasteiger partial charge is 0.191 e. The molecule has 1 aliphatic heterocycles. The van der Waals surface area contributed by atoms with Crippen molar-refractivity contribution >= 4 is 29.9 Å². The Labute approximate surface area is 178 Å². The van der Waals surface area contributed by atoms with Crippen LogP contribution in [0.4, 0.5) is 0 Å². The summed E-state index contributed by atoms with van der Waals surface area (Å²) >= 11 is 0. The molecule has 1 saturated heterocycles. The molecule has 2 N–H and O–H groups in total. The molecule has 0 radical (unpaired) electrons. The van der Waals surface area contributed by atoms with E-state index in [9.17, 15) is 0 Å². The van der Waals surface area contributed by atoms with Crippen molar-refractivity contribution in [1.29, 1.82) is 0 Å². The van der Waals surface area contributed by atoms with Crippen molar-refractivity contribution in [2.24, 2.45) is 10.9 Å². The van der Waals surface area contributed by atoms with E-state index in [1.54, 1.807) is 0 Å². The number of piperazine rings is 1. The van der Waals surface area contributed by atoms with Gasteiger partial charge in [0.15, 0.2) is 5.96 Å². The summed E-state index contributed by atoms with van der Waals surface area (Å²) in [4.78, 5) is 9.86. The molecule has 0 aromatic carbocycles. The first-order valence-electron chi connectivity index (χ1n) is 10.8. The minimum absolute atomic E-state index is 0. The zero-order valence-corrected chi connectivity index (χ0v) is 19.5. The van der Waals surface area contributed by atoms with Crippen LogP contribution in [0.3, 0.4) is 0 Å². The number of hydrogen-bond donors (Lipinski definition) is 2. The lowest BCUT2D eigenvalue weighted by molar-refractivity contribution is 0.139. The molecule has 1 aliphatic carbocycles. The Bertz CT molecular complexity index is 363. The van der Waals surface area contributed by atoms with Crippen molar-refractivity contribution in [3.8, 4) is 0 Å². The summed E-state index contributed by atoms with van der Waals surface area (Å²) in [5, 5.41) is 6.90. The van der Waals surface area contributed by atoms with Gasteiger partial charge in [0.05, 0.1) is 0 Å². The van der Waals surface area contributed by atoms with E-state index in [0.717, 1.165) is 38.1 Å². The molecule has 0 bridgehead atoms. The maximum Gasteiger partial charge on any atom is 0.191 e. The number of rotatable bonds is 9. The van der Waals surface area contributed by atoms with Gasteiger partial charge in [-0.05, 0) is 32.2 Å². The second-order valence-electron chi connectivity index (χ2n) is 7.61. The third kappa shape index (κ3) is 9.74.